The van der Waals surface area contributed by atoms with Gasteiger partial charge in [0.15, 0.2) is 17.3 Å². The van der Waals surface area contributed by atoms with Gasteiger partial charge in [0, 0.05) is 25.1 Å². The molecule has 10 nitrogen and oxygen atoms in total. The summed E-state index contributed by atoms with van der Waals surface area (Å²) in [5, 5.41) is 9.99. The van der Waals surface area contributed by atoms with Crippen molar-refractivity contribution < 1.29 is 41.8 Å². The van der Waals surface area contributed by atoms with Gasteiger partial charge in [0.25, 0.3) is 10.1 Å². The molecule has 0 bridgehead atoms. The van der Waals surface area contributed by atoms with Gasteiger partial charge in [-0.1, -0.05) is 6.08 Å². The number of carboxylic acid groups (broad SMARTS) is 1. The van der Waals surface area contributed by atoms with Crippen LogP contribution < -0.4 is 19.9 Å². The number of aliphatic carboxylic acids is 1. The third kappa shape index (κ3) is 5.70. The number of hydrogen-bond donors (Lipinski definition) is 2. The minimum atomic E-state index is -4.32. The fraction of sp³-hybridized carbons (Fsp3) is 0.250. The van der Waals surface area contributed by atoms with Crippen molar-refractivity contribution >= 4 is 45.7 Å². The van der Waals surface area contributed by atoms with Gasteiger partial charge in [-0.05, 0) is 76.0 Å². The average molecular weight is 556 g/mol. The first-order valence-corrected chi connectivity index (χ1v) is 13.4. The third-order valence-electron chi connectivity index (χ3n) is 6.44. The summed E-state index contributed by atoms with van der Waals surface area (Å²) in [6, 6.07) is 8.52. The van der Waals surface area contributed by atoms with Gasteiger partial charge in [-0.25, -0.2) is 0 Å². The van der Waals surface area contributed by atoms with Crippen LogP contribution in [-0.4, -0.2) is 63.1 Å². The molecule has 2 aromatic rings. The molecule has 206 valence electrons. The number of methoxy groups -OCH3 is 4. The van der Waals surface area contributed by atoms with Crippen molar-refractivity contribution in [2.75, 3.05) is 34.2 Å². The molecule has 0 saturated heterocycles. The Balaban J connectivity index is 0.000000386. The molecule has 1 aliphatic carbocycles. The maximum Gasteiger partial charge on any atom is 0.321 e. The monoisotopic (exact) mass is 555 g/mol. The van der Waals surface area contributed by atoms with Gasteiger partial charge < -0.3 is 29.0 Å². The third-order valence-corrected chi connectivity index (χ3v) is 7.05. The van der Waals surface area contributed by atoms with Crippen molar-refractivity contribution in [1.29, 1.82) is 0 Å². The Kier molecular flexibility index (Phi) is 7.86. The largest absolute Gasteiger partial charge is 0.498 e. The highest BCUT2D eigenvalue weighted by Crippen LogP contribution is 2.42. The van der Waals surface area contributed by atoms with Crippen LogP contribution in [0.2, 0.25) is 0 Å². The van der Waals surface area contributed by atoms with Gasteiger partial charge in [0.05, 0.1) is 27.0 Å². The van der Waals surface area contributed by atoms with Gasteiger partial charge in [0.1, 0.15) is 11.9 Å². The zero-order chi connectivity index (χ0) is 28.5. The quantitative estimate of drug-likeness (QED) is 0.513. The number of carboxylic acids is 1. The van der Waals surface area contributed by atoms with E-state index in [1.165, 1.54) is 11.1 Å². The molecule has 2 aromatic carbocycles. The first-order valence-electron chi connectivity index (χ1n) is 11.8. The second-order valence-corrected chi connectivity index (χ2v) is 10.4. The van der Waals surface area contributed by atoms with Gasteiger partial charge in [-0.2, -0.15) is 8.42 Å². The van der Waals surface area contributed by atoms with E-state index in [9.17, 15) is 13.2 Å². The summed E-state index contributed by atoms with van der Waals surface area (Å²) in [5.74, 6) is -0.523. The number of fused-ring (bicyclic) bond motifs is 5. The van der Waals surface area contributed by atoms with E-state index in [0.29, 0.717) is 0 Å². The van der Waals surface area contributed by atoms with Crippen LogP contribution in [0.15, 0.2) is 42.3 Å². The Bertz CT molecular complexity index is 1650. The smallest absolute Gasteiger partial charge is 0.321 e. The summed E-state index contributed by atoms with van der Waals surface area (Å²) in [6.07, 6.45) is 10.4. The molecule has 1 atom stereocenters. The number of carbonyl (C=O) groups is 1. The van der Waals surface area contributed by atoms with E-state index in [1.807, 2.05) is 6.08 Å². The van der Waals surface area contributed by atoms with Crippen molar-refractivity contribution in [2.24, 2.45) is 0 Å². The topological polar surface area (TPSA) is 132 Å². The highest BCUT2D eigenvalue weighted by Gasteiger charge is 2.26. The first-order chi connectivity index (χ1) is 18.5. The SMILES string of the molecule is COC1=CC=c2cc3c(cc2C1OC)=CN1C=C(C)c2cc(OC)c(OC)cc2C1=C3.O=C(O)CS(=O)(=O)O. The number of benzene rings is 2. The molecule has 11 heteroatoms. The van der Waals surface area contributed by atoms with Crippen LogP contribution >= 0.6 is 0 Å². The molecule has 0 spiro atoms. The maximum atomic E-state index is 9.62. The van der Waals surface area contributed by atoms with E-state index in [1.54, 1.807) is 28.4 Å². The van der Waals surface area contributed by atoms with E-state index in [2.05, 4.69) is 60.6 Å². The van der Waals surface area contributed by atoms with Crippen molar-refractivity contribution in [3.8, 4) is 11.5 Å². The predicted molar refractivity (Wildman–Crippen MR) is 146 cm³/mol. The summed E-state index contributed by atoms with van der Waals surface area (Å²) in [7, 11) is 2.40. The molecule has 1 unspecified atom stereocenters. The highest BCUT2D eigenvalue weighted by molar-refractivity contribution is 7.86. The molecule has 39 heavy (non-hydrogen) atoms. The van der Waals surface area contributed by atoms with Crippen LogP contribution in [0.25, 0.3) is 29.6 Å². The number of rotatable bonds is 6. The van der Waals surface area contributed by atoms with Crippen LogP contribution in [-0.2, 0) is 24.4 Å². The van der Waals surface area contributed by atoms with E-state index in [4.69, 9.17) is 28.6 Å². The number of hydrogen-bond acceptors (Lipinski definition) is 8. The van der Waals surface area contributed by atoms with Crippen LogP contribution in [0, 0.1) is 0 Å². The summed E-state index contributed by atoms with van der Waals surface area (Å²) < 4.78 is 49.4. The van der Waals surface area contributed by atoms with E-state index in [0.717, 1.165) is 50.1 Å². The maximum absolute atomic E-state index is 9.62. The number of allylic oxidation sites excluding steroid dienone is 2. The molecular formula is C28H29NO9S. The lowest BCUT2D eigenvalue weighted by Crippen LogP contribution is -2.29. The minimum Gasteiger partial charge on any atom is -0.498 e. The molecule has 2 heterocycles. The van der Waals surface area contributed by atoms with E-state index >= 15 is 0 Å². The van der Waals surface area contributed by atoms with Crippen molar-refractivity contribution in [3.63, 3.8) is 0 Å². The lowest BCUT2D eigenvalue weighted by Gasteiger charge is -2.31. The standard InChI is InChI=1S/C26H25NO4.C2H4O5S/c1-15-13-27-14-18-9-20-16(6-7-23(28-2)26(20)31-5)8-17(18)10-22(27)21-12-25(30-4)24(29-3)11-19(15)21;3-2(4)1-8(5,6)7/h6-14,26H,1-5H3;1H2,(H,3,4)(H,5,6,7). The zero-order valence-corrected chi connectivity index (χ0v) is 22.9. The summed E-state index contributed by atoms with van der Waals surface area (Å²) in [6.45, 7) is 2.11. The second kappa shape index (κ2) is 11.0. The number of nitrogens with zero attached hydrogens (tertiary/aromatic N) is 1. The van der Waals surface area contributed by atoms with E-state index in [-0.39, 0.29) is 6.10 Å². The Labute approximate surface area is 226 Å². The molecule has 0 amide bonds. The summed E-state index contributed by atoms with van der Waals surface area (Å²) in [4.78, 5) is 11.7. The molecule has 0 saturated carbocycles. The Hall–Kier alpha value is -4.06. The van der Waals surface area contributed by atoms with E-state index < -0.39 is 21.8 Å². The fourth-order valence-electron chi connectivity index (χ4n) is 4.72. The molecule has 0 radical (unpaired) electrons. The van der Waals surface area contributed by atoms with Gasteiger partial charge in [-0.15, -0.1) is 0 Å². The number of ether oxygens (including phenoxy) is 4. The molecule has 0 fully saturated rings. The molecule has 2 N–H and O–H groups in total. The summed E-state index contributed by atoms with van der Waals surface area (Å²) >= 11 is 0. The Morgan fingerprint density at radius 2 is 1.59 bits per heavy atom. The van der Waals surface area contributed by atoms with Crippen molar-refractivity contribution in [1.82, 2.24) is 4.90 Å². The van der Waals surface area contributed by atoms with Crippen molar-refractivity contribution in [3.05, 3.63) is 75.0 Å². The normalized spacial score (nSPS) is 16.6. The van der Waals surface area contributed by atoms with Crippen LogP contribution in [0.1, 0.15) is 35.3 Å². The molecular weight excluding hydrogens is 526 g/mol. The average Bonchev–Trinajstić information content (AvgIpc) is 2.88. The van der Waals surface area contributed by atoms with Crippen LogP contribution in [0.5, 0.6) is 11.5 Å². The fourth-order valence-corrected chi connectivity index (χ4v) is 5.04. The highest BCUT2D eigenvalue weighted by atomic mass is 32.2. The molecule has 2 aliphatic heterocycles. The van der Waals surface area contributed by atoms with Gasteiger partial charge in [0.2, 0.25) is 0 Å². The minimum absolute atomic E-state index is 0.204. The molecule has 3 aliphatic rings. The van der Waals surface area contributed by atoms with Gasteiger partial charge >= 0.3 is 5.97 Å². The van der Waals surface area contributed by atoms with Crippen LogP contribution in [0.4, 0.5) is 0 Å². The van der Waals surface area contributed by atoms with Crippen molar-refractivity contribution in [2.45, 2.75) is 13.0 Å². The van der Waals surface area contributed by atoms with Crippen LogP contribution in [0.3, 0.4) is 0 Å². The molecule has 0 aromatic heterocycles. The lowest BCUT2D eigenvalue weighted by molar-refractivity contribution is -0.134. The predicted octanol–water partition coefficient (Wildman–Crippen LogP) is 2.60. The lowest BCUT2D eigenvalue weighted by atomic mass is 9.90. The Morgan fingerprint density at radius 3 is 2.13 bits per heavy atom. The Morgan fingerprint density at radius 1 is 0.923 bits per heavy atom. The molecule has 5 rings (SSSR count). The second-order valence-electron chi connectivity index (χ2n) is 8.92. The summed E-state index contributed by atoms with van der Waals surface area (Å²) in [5.41, 5.74) is 6.82. The van der Waals surface area contributed by atoms with Gasteiger partial charge in [-0.3, -0.25) is 9.35 Å². The zero-order valence-electron chi connectivity index (χ0n) is 22.1. The first kappa shape index (κ1) is 28.0.